The Hall–Kier alpha value is -3.68. The fourth-order valence-electron chi connectivity index (χ4n) is 3.14. The molecule has 8 nitrogen and oxygen atoms in total. The number of pyridine rings is 1. The number of aromatic amines is 2. The number of aryl methyl sites for hydroxylation is 2. The van der Waals surface area contributed by atoms with Crippen molar-refractivity contribution in [2.75, 3.05) is 0 Å². The van der Waals surface area contributed by atoms with Gasteiger partial charge in [0.05, 0.1) is 17.5 Å². The Balaban J connectivity index is 1.71. The molecule has 3 aromatic heterocycles. The Morgan fingerprint density at radius 2 is 1.96 bits per heavy atom. The molecule has 0 saturated carbocycles. The molecule has 0 unspecified atom stereocenters. The van der Waals surface area contributed by atoms with Crippen molar-refractivity contribution < 1.29 is 4.79 Å². The second-order valence-electron chi connectivity index (χ2n) is 6.39. The molecule has 0 radical (unpaired) electrons. The van der Waals surface area contributed by atoms with E-state index in [1.165, 1.54) is 11.6 Å². The van der Waals surface area contributed by atoms with Gasteiger partial charge in [-0.25, -0.2) is 9.78 Å². The molecule has 1 amide bonds. The van der Waals surface area contributed by atoms with Crippen LogP contribution in [0.2, 0.25) is 0 Å². The van der Waals surface area contributed by atoms with Crippen LogP contribution in [-0.2, 0) is 13.6 Å². The molecule has 4 aromatic rings. The number of hydrogen-bond donors (Lipinski definition) is 3. The summed E-state index contributed by atoms with van der Waals surface area (Å²) in [7, 11) is 1.50. The lowest BCUT2D eigenvalue weighted by molar-refractivity contribution is 0.0952. The van der Waals surface area contributed by atoms with Gasteiger partial charge in [-0.1, -0.05) is 18.2 Å². The molecule has 27 heavy (non-hydrogen) atoms. The van der Waals surface area contributed by atoms with Gasteiger partial charge in [-0.05, 0) is 30.5 Å². The number of carbonyl (C=O) groups excluding carboxylic acids is 1. The van der Waals surface area contributed by atoms with Gasteiger partial charge in [-0.15, -0.1) is 0 Å². The number of carbonyl (C=O) groups is 1. The molecule has 0 bridgehead atoms. The van der Waals surface area contributed by atoms with Crippen molar-refractivity contribution in [3.05, 3.63) is 74.2 Å². The van der Waals surface area contributed by atoms with Crippen LogP contribution in [0.15, 0.2) is 46.0 Å². The SMILES string of the molecule is Cc1cc(C(=O)NCc2cc3ccccc3[nH]2)c2c(=O)[nH]c(=O)n(C)c2n1. The van der Waals surface area contributed by atoms with E-state index in [4.69, 9.17) is 0 Å². The van der Waals surface area contributed by atoms with Gasteiger partial charge in [0.2, 0.25) is 0 Å². The first-order valence-corrected chi connectivity index (χ1v) is 8.39. The number of rotatable bonds is 3. The topological polar surface area (TPSA) is 113 Å². The maximum atomic E-state index is 12.8. The van der Waals surface area contributed by atoms with Crippen LogP contribution in [-0.4, -0.2) is 25.4 Å². The first kappa shape index (κ1) is 16.8. The molecule has 1 aromatic carbocycles. The summed E-state index contributed by atoms with van der Waals surface area (Å²) in [5.41, 5.74) is 1.54. The van der Waals surface area contributed by atoms with E-state index in [-0.39, 0.29) is 23.1 Å². The monoisotopic (exact) mass is 363 g/mol. The third-order valence-corrected chi connectivity index (χ3v) is 4.47. The van der Waals surface area contributed by atoms with E-state index in [2.05, 4.69) is 20.3 Å². The lowest BCUT2D eigenvalue weighted by atomic mass is 10.1. The predicted octanol–water partition coefficient (Wildman–Crippen LogP) is 1.34. The minimum absolute atomic E-state index is 0.0943. The van der Waals surface area contributed by atoms with Crippen molar-refractivity contribution in [1.82, 2.24) is 24.8 Å². The zero-order chi connectivity index (χ0) is 19.1. The van der Waals surface area contributed by atoms with E-state index in [0.717, 1.165) is 16.6 Å². The molecular weight excluding hydrogens is 346 g/mol. The summed E-state index contributed by atoms with van der Waals surface area (Å²) in [6.07, 6.45) is 0. The summed E-state index contributed by atoms with van der Waals surface area (Å²) in [4.78, 5) is 46.5. The number of aromatic nitrogens is 4. The summed E-state index contributed by atoms with van der Waals surface area (Å²) in [5, 5.41) is 3.97. The van der Waals surface area contributed by atoms with E-state index in [1.54, 1.807) is 13.0 Å². The highest BCUT2D eigenvalue weighted by Crippen LogP contribution is 2.16. The highest BCUT2D eigenvalue weighted by Gasteiger charge is 2.17. The van der Waals surface area contributed by atoms with Crippen LogP contribution in [0, 0.1) is 6.92 Å². The van der Waals surface area contributed by atoms with Gasteiger partial charge in [0.25, 0.3) is 11.5 Å². The molecule has 0 aliphatic carbocycles. The number of hydrogen-bond acceptors (Lipinski definition) is 4. The van der Waals surface area contributed by atoms with E-state index < -0.39 is 17.2 Å². The number of fused-ring (bicyclic) bond motifs is 2. The lowest BCUT2D eigenvalue weighted by Gasteiger charge is -2.10. The van der Waals surface area contributed by atoms with Gasteiger partial charge in [0.15, 0.2) is 0 Å². The fourth-order valence-corrected chi connectivity index (χ4v) is 3.14. The predicted molar refractivity (Wildman–Crippen MR) is 102 cm³/mol. The van der Waals surface area contributed by atoms with Crippen LogP contribution in [0.25, 0.3) is 21.9 Å². The third kappa shape index (κ3) is 2.91. The Kier molecular flexibility index (Phi) is 3.88. The second kappa shape index (κ2) is 6.24. The normalized spacial score (nSPS) is 11.2. The zero-order valence-corrected chi connectivity index (χ0v) is 14.8. The van der Waals surface area contributed by atoms with Gasteiger partial charge >= 0.3 is 5.69 Å². The third-order valence-electron chi connectivity index (χ3n) is 4.47. The molecular formula is C19H17N5O3. The Morgan fingerprint density at radius 1 is 1.19 bits per heavy atom. The molecule has 4 rings (SSSR count). The number of nitrogens with zero attached hydrogens (tertiary/aromatic N) is 2. The van der Waals surface area contributed by atoms with Gasteiger partial charge in [-0.3, -0.25) is 19.1 Å². The number of benzene rings is 1. The molecule has 3 heterocycles. The highest BCUT2D eigenvalue weighted by atomic mass is 16.2. The number of H-pyrrole nitrogens is 2. The molecule has 0 aliphatic heterocycles. The Bertz CT molecular complexity index is 1280. The van der Waals surface area contributed by atoms with Crippen LogP contribution in [0.1, 0.15) is 21.7 Å². The molecule has 136 valence electrons. The molecule has 0 fully saturated rings. The maximum Gasteiger partial charge on any atom is 0.329 e. The number of para-hydroxylation sites is 1. The van der Waals surface area contributed by atoms with Crippen LogP contribution < -0.4 is 16.6 Å². The summed E-state index contributed by atoms with van der Waals surface area (Å²) < 4.78 is 1.22. The van der Waals surface area contributed by atoms with E-state index in [9.17, 15) is 14.4 Å². The number of nitrogens with one attached hydrogen (secondary N) is 3. The van der Waals surface area contributed by atoms with Gasteiger partial charge in [0.1, 0.15) is 5.65 Å². The Morgan fingerprint density at radius 3 is 2.74 bits per heavy atom. The van der Waals surface area contributed by atoms with Gasteiger partial charge < -0.3 is 10.3 Å². The summed E-state index contributed by atoms with van der Waals surface area (Å²) >= 11 is 0. The van der Waals surface area contributed by atoms with Crippen molar-refractivity contribution in [2.24, 2.45) is 7.05 Å². The molecule has 3 N–H and O–H groups in total. The smallest absolute Gasteiger partial charge is 0.329 e. The van der Waals surface area contributed by atoms with Crippen LogP contribution in [0.5, 0.6) is 0 Å². The lowest BCUT2D eigenvalue weighted by Crippen LogP contribution is -2.32. The quantitative estimate of drug-likeness (QED) is 0.510. The van der Waals surface area contributed by atoms with E-state index in [0.29, 0.717) is 5.69 Å². The second-order valence-corrected chi connectivity index (χ2v) is 6.39. The first-order chi connectivity index (χ1) is 12.9. The molecule has 0 atom stereocenters. The standard InChI is InChI=1S/C19H17N5O3/c1-10-7-13(15-16(21-10)24(2)19(27)23-18(15)26)17(25)20-9-12-8-11-5-3-4-6-14(11)22-12/h3-8,22H,9H2,1-2H3,(H,20,25)(H,23,26,27). The summed E-state index contributed by atoms with van der Waals surface area (Å²) in [5.74, 6) is -0.409. The van der Waals surface area contributed by atoms with Crippen molar-refractivity contribution >= 4 is 27.8 Å². The van der Waals surface area contributed by atoms with Gasteiger partial charge in [0, 0.05) is 24.0 Å². The molecule has 8 heteroatoms. The highest BCUT2D eigenvalue weighted by molar-refractivity contribution is 6.05. The minimum Gasteiger partial charge on any atom is -0.357 e. The van der Waals surface area contributed by atoms with Crippen LogP contribution in [0.3, 0.4) is 0 Å². The Labute approximate surface area is 152 Å². The van der Waals surface area contributed by atoms with Crippen molar-refractivity contribution in [3.63, 3.8) is 0 Å². The average Bonchev–Trinajstić information content (AvgIpc) is 3.06. The van der Waals surface area contributed by atoms with Crippen LogP contribution >= 0.6 is 0 Å². The molecule has 0 aliphatic rings. The van der Waals surface area contributed by atoms with E-state index in [1.807, 2.05) is 30.3 Å². The minimum atomic E-state index is -0.628. The largest absolute Gasteiger partial charge is 0.357 e. The van der Waals surface area contributed by atoms with E-state index >= 15 is 0 Å². The maximum absolute atomic E-state index is 12.8. The molecule has 0 spiro atoms. The van der Waals surface area contributed by atoms with Crippen molar-refractivity contribution in [3.8, 4) is 0 Å². The first-order valence-electron chi connectivity index (χ1n) is 8.39. The summed E-state index contributed by atoms with van der Waals surface area (Å²) in [6, 6.07) is 11.3. The summed E-state index contributed by atoms with van der Waals surface area (Å²) in [6.45, 7) is 1.99. The zero-order valence-electron chi connectivity index (χ0n) is 14.8. The van der Waals surface area contributed by atoms with Crippen molar-refractivity contribution in [2.45, 2.75) is 13.5 Å². The fraction of sp³-hybridized carbons (Fsp3) is 0.158. The van der Waals surface area contributed by atoms with Crippen molar-refractivity contribution in [1.29, 1.82) is 0 Å². The molecule has 0 saturated heterocycles. The number of amides is 1. The van der Waals surface area contributed by atoms with Crippen LogP contribution in [0.4, 0.5) is 0 Å². The van der Waals surface area contributed by atoms with Gasteiger partial charge in [-0.2, -0.15) is 0 Å². The average molecular weight is 363 g/mol.